The Morgan fingerprint density at radius 2 is 1.73 bits per heavy atom. The molecular formula is C22H16ClN3. The number of benzene rings is 2. The molecule has 0 radical (unpaired) electrons. The zero-order valence-corrected chi connectivity index (χ0v) is 15.1. The van der Waals surface area contributed by atoms with Crippen molar-refractivity contribution in [3.8, 4) is 0 Å². The third-order valence-electron chi connectivity index (χ3n) is 4.89. The molecule has 0 bridgehead atoms. The van der Waals surface area contributed by atoms with Crippen LogP contribution in [0, 0.1) is 6.92 Å². The molecular weight excluding hydrogens is 342 g/mol. The van der Waals surface area contributed by atoms with Crippen LogP contribution < -0.4 is 0 Å². The van der Waals surface area contributed by atoms with Gasteiger partial charge in [0.15, 0.2) is 0 Å². The van der Waals surface area contributed by atoms with E-state index in [1.54, 1.807) is 0 Å². The molecule has 0 saturated heterocycles. The highest BCUT2D eigenvalue weighted by atomic mass is 35.5. The van der Waals surface area contributed by atoms with Gasteiger partial charge in [-0.1, -0.05) is 41.9 Å². The molecule has 2 aromatic heterocycles. The Balaban J connectivity index is 1.69. The summed E-state index contributed by atoms with van der Waals surface area (Å²) in [4.78, 5) is 14.3. The first-order valence-electron chi connectivity index (χ1n) is 8.70. The molecule has 126 valence electrons. The van der Waals surface area contributed by atoms with Crippen molar-refractivity contribution in [3.63, 3.8) is 0 Å². The molecule has 4 aromatic rings. The van der Waals surface area contributed by atoms with Crippen LogP contribution in [-0.4, -0.2) is 15.7 Å². The Morgan fingerprint density at radius 3 is 2.62 bits per heavy atom. The minimum absolute atomic E-state index is 0.713. The van der Waals surface area contributed by atoms with E-state index in [0.717, 1.165) is 51.7 Å². The molecule has 5 rings (SSSR count). The first-order chi connectivity index (χ1) is 12.7. The third-order valence-corrected chi connectivity index (χ3v) is 5.18. The average Bonchev–Trinajstić information content (AvgIpc) is 2.67. The molecule has 0 N–H and O–H groups in total. The van der Waals surface area contributed by atoms with E-state index in [9.17, 15) is 0 Å². The van der Waals surface area contributed by atoms with Crippen LogP contribution in [-0.2, 0) is 6.42 Å². The number of pyridine rings is 2. The first-order valence-corrected chi connectivity index (χ1v) is 9.08. The zero-order chi connectivity index (χ0) is 17.7. The van der Waals surface area contributed by atoms with Gasteiger partial charge in [-0.2, -0.15) is 0 Å². The highest BCUT2D eigenvalue weighted by molar-refractivity contribution is 6.33. The van der Waals surface area contributed by atoms with Crippen molar-refractivity contribution in [2.24, 2.45) is 4.99 Å². The Labute approximate surface area is 156 Å². The highest BCUT2D eigenvalue weighted by Gasteiger charge is 2.18. The van der Waals surface area contributed by atoms with Crippen molar-refractivity contribution in [3.05, 3.63) is 76.6 Å². The summed E-state index contributed by atoms with van der Waals surface area (Å²) in [5.41, 5.74) is 7.01. The van der Waals surface area contributed by atoms with Crippen LogP contribution in [0.5, 0.6) is 0 Å². The molecule has 0 spiro atoms. The fourth-order valence-electron chi connectivity index (χ4n) is 3.64. The minimum Gasteiger partial charge on any atom is -0.254 e. The van der Waals surface area contributed by atoms with E-state index in [-0.39, 0.29) is 0 Å². The number of aryl methyl sites for hydroxylation is 2. The second-order valence-corrected chi connectivity index (χ2v) is 7.13. The fourth-order valence-corrected chi connectivity index (χ4v) is 3.97. The predicted octanol–water partition coefficient (Wildman–Crippen LogP) is 5.81. The molecule has 26 heavy (non-hydrogen) atoms. The number of fused-ring (bicyclic) bond motifs is 4. The van der Waals surface area contributed by atoms with Crippen LogP contribution in [0.3, 0.4) is 0 Å². The summed E-state index contributed by atoms with van der Waals surface area (Å²) in [5.74, 6) is 0. The summed E-state index contributed by atoms with van der Waals surface area (Å²) < 4.78 is 0. The third kappa shape index (κ3) is 2.47. The van der Waals surface area contributed by atoms with Gasteiger partial charge >= 0.3 is 0 Å². The topological polar surface area (TPSA) is 38.1 Å². The predicted molar refractivity (Wildman–Crippen MR) is 108 cm³/mol. The van der Waals surface area contributed by atoms with Gasteiger partial charge in [-0.15, -0.1) is 0 Å². The van der Waals surface area contributed by atoms with E-state index in [4.69, 9.17) is 21.6 Å². The maximum Gasteiger partial charge on any atom is 0.0972 e. The van der Waals surface area contributed by atoms with Gasteiger partial charge in [-0.05, 0) is 49.1 Å². The lowest BCUT2D eigenvalue weighted by Gasteiger charge is -2.17. The minimum atomic E-state index is 0.713. The van der Waals surface area contributed by atoms with Crippen molar-refractivity contribution in [2.75, 3.05) is 0 Å². The van der Waals surface area contributed by atoms with Crippen molar-refractivity contribution in [1.82, 2.24) is 9.97 Å². The van der Waals surface area contributed by atoms with Gasteiger partial charge in [0.05, 0.1) is 33.1 Å². The number of halogens is 1. The van der Waals surface area contributed by atoms with Gasteiger partial charge in [0.25, 0.3) is 0 Å². The smallest absolute Gasteiger partial charge is 0.0972 e. The number of hydrogen-bond donors (Lipinski definition) is 0. The van der Waals surface area contributed by atoms with Gasteiger partial charge in [-0.25, -0.2) is 9.98 Å². The summed E-state index contributed by atoms with van der Waals surface area (Å²) >= 11 is 6.44. The molecule has 0 amide bonds. The number of hydrogen-bond acceptors (Lipinski definition) is 3. The lowest BCUT2D eigenvalue weighted by atomic mass is 9.97. The summed E-state index contributed by atoms with van der Waals surface area (Å²) in [7, 11) is 0. The van der Waals surface area contributed by atoms with Gasteiger partial charge < -0.3 is 0 Å². The van der Waals surface area contributed by atoms with Crippen LogP contribution >= 0.6 is 11.6 Å². The Morgan fingerprint density at radius 1 is 0.923 bits per heavy atom. The molecule has 0 atom stereocenters. The van der Waals surface area contributed by atoms with Crippen LogP contribution in [0.15, 0.2) is 59.7 Å². The summed E-state index contributed by atoms with van der Waals surface area (Å²) in [6.07, 6.45) is 3.61. The van der Waals surface area contributed by atoms with Gasteiger partial charge in [0.2, 0.25) is 0 Å². The van der Waals surface area contributed by atoms with Crippen molar-refractivity contribution >= 4 is 44.8 Å². The molecule has 3 nitrogen and oxygen atoms in total. The Bertz CT molecular complexity index is 1210. The van der Waals surface area contributed by atoms with Crippen LogP contribution in [0.2, 0.25) is 5.02 Å². The zero-order valence-electron chi connectivity index (χ0n) is 14.3. The van der Waals surface area contributed by atoms with Gasteiger partial charge in [-0.3, -0.25) is 4.98 Å². The van der Waals surface area contributed by atoms with Crippen LogP contribution in [0.1, 0.15) is 23.2 Å². The average molecular weight is 358 g/mol. The lowest BCUT2D eigenvalue weighted by Crippen LogP contribution is -2.10. The van der Waals surface area contributed by atoms with Crippen LogP contribution in [0.25, 0.3) is 21.8 Å². The van der Waals surface area contributed by atoms with E-state index in [1.807, 2.05) is 24.4 Å². The molecule has 0 fully saturated rings. The van der Waals surface area contributed by atoms with E-state index < -0.39 is 0 Å². The second-order valence-electron chi connectivity index (χ2n) is 6.72. The quantitative estimate of drug-likeness (QED) is 0.403. The summed E-state index contributed by atoms with van der Waals surface area (Å²) in [5, 5.41) is 2.90. The summed E-state index contributed by atoms with van der Waals surface area (Å²) in [6, 6.07) is 16.5. The SMILES string of the molecule is Cc1cc(Cl)c2c(c1)CCC(c1ccc3ccc4cccnc4c3n1)=N2. The monoisotopic (exact) mass is 357 g/mol. The van der Waals surface area contributed by atoms with Crippen LogP contribution in [0.4, 0.5) is 5.69 Å². The summed E-state index contributed by atoms with van der Waals surface area (Å²) in [6.45, 7) is 2.06. The Hall–Kier alpha value is -2.78. The van der Waals surface area contributed by atoms with E-state index in [1.165, 1.54) is 11.1 Å². The lowest BCUT2D eigenvalue weighted by molar-refractivity contribution is 0.998. The molecule has 2 aromatic carbocycles. The number of aliphatic imine (C=N–C) groups is 1. The number of rotatable bonds is 1. The fraction of sp³-hybridized carbons (Fsp3) is 0.136. The van der Waals surface area contributed by atoms with E-state index in [2.05, 4.69) is 42.2 Å². The number of aromatic nitrogens is 2. The van der Waals surface area contributed by atoms with E-state index >= 15 is 0 Å². The molecule has 0 unspecified atom stereocenters. The van der Waals surface area contributed by atoms with Crippen molar-refractivity contribution in [1.29, 1.82) is 0 Å². The van der Waals surface area contributed by atoms with Crippen molar-refractivity contribution in [2.45, 2.75) is 19.8 Å². The molecule has 0 saturated carbocycles. The molecule has 1 aliphatic heterocycles. The molecule has 0 aliphatic carbocycles. The largest absolute Gasteiger partial charge is 0.254 e. The molecule has 4 heteroatoms. The molecule has 1 aliphatic rings. The Kier molecular flexibility index (Phi) is 3.50. The maximum absolute atomic E-state index is 6.44. The maximum atomic E-state index is 6.44. The molecule has 3 heterocycles. The first kappa shape index (κ1) is 15.5. The standard InChI is InChI=1S/C22H16ClN3/c1-13-11-16-7-9-18(25-20(16)17(23)12-13)19-8-6-15-5-4-14-3-2-10-24-21(14)22(15)26-19/h2-6,8,10-12H,7,9H2,1H3. The van der Waals surface area contributed by atoms with Gasteiger partial charge in [0, 0.05) is 17.0 Å². The van der Waals surface area contributed by atoms with Gasteiger partial charge in [0.1, 0.15) is 0 Å². The van der Waals surface area contributed by atoms with E-state index in [0.29, 0.717) is 5.02 Å². The van der Waals surface area contributed by atoms with Crippen molar-refractivity contribution < 1.29 is 0 Å². The highest BCUT2D eigenvalue weighted by Crippen LogP contribution is 2.35. The second kappa shape index (κ2) is 5.89. The number of nitrogens with zero attached hydrogens (tertiary/aromatic N) is 3. The normalized spacial score (nSPS) is 13.7.